The van der Waals surface area contributed by atoms with E-state index >= 15 is 0 Å². The van der Waals surface area contributed by atoms with E-state index in [2.05, 4.69) is 60.2 Å². The Bertz CT molecular complexity index is 500. The van der Waals surface area contributed by atoms with Crippen LogP contribution in [-0.2, 0) is 9.53 Å². The fraction of sp³-hybridized carbons (Fsp3) is 0.476. The minimum Gasteiger partial charge on any atom is -0.469 e. The molecular formula is C21H30O2. The third kappa shape index (κ3) is 9.02. The number of hydrogen-bond acceptors (Lipinski definition) is 2. The van der Waals surface area contributed by atoms with Gasteiger partial charge in [0.05, 0.1) is 7.11 Å². The molecule has 0 bridgehead atoms. The van der Waals surface area contributed by atoms with Gasteiger partial charge in [0.25, 0.3) is 0 Å². The van der Waals surface area contributed by atoms with Gasteiger partial charge in [0.1, 0.15) is 0 Å². The summed E-state index contributed by atoms with van der Waals surface area (Å²) in [6.07, 6.45) is 17.4. The van der Waals surface area contributed by atoms with Crippen LogP contribution in [0.3, 0.4) is 0 Å². The molecule has 0 amide bonds. The minimum atomic E-state index is -0.134. The van der Waals surface area contributed by atoms with Crippen LogP contribution in [0.4, 0.5) is 0 Å². The van der Waals surface area contributed by atoms with Gasteiger partial charge >= 0.3 is 5.97 Å². The van der Waals surface area contributed by atoms with Gasteiger partial charge in [0.2, 0.25) is 0 Å². The highest BCUT2D eigenvalue weighted by Crippen LogP contribution is 2.15. The largest absolute Gasteiger partial charge is 0.469 e. The van der Waals surface area contributed by atoms with E-state index in [4.69, 9.17) is 0 Å². The molecule has 0 aliphatic heterocycles. The molecular weight excluding hydrogens is 284 g/mol. The van der Waals surface area contributed by atoms with Crippen LogP contribution >= 0.6 is 0 Å². The topological polar surface area (TPSA) is 26.3 Å². The van der Waals surface area contributed by atoms with Crippen LogP contribution < -0.4 is 0 Å². The Morgan fingerprint density at radius 3 is 2.13 bits per heavy atom. The zero-order valence-electron chi connectivity index (χ0n) is 14.6. The van der Waals surface area contributed by atoms with Gasteiger partial charge in [-0.25, -0.2) is 0 Å². The Kier molecular flexibility index (Phi) is 10.6. The van der Waals surface area contributed by atoms with Crippen molar-refractivity contribution in [2.75, 3.05) is 7.11 Å². The fourth-order valence-electron chi connectivity index (χ4n) is 2.39. The Morgan fingerprint density at radius 2 is 1.57 bits per heavy atom. The highest BCUT2D eigenvalue weighted by atomic mass is 16.5. The van der Waals surface area contributed by atoms with Crippen LogP contribution in [0, 0.1) is 0 Å². The van der Waals surface area contributed by atoms with Gasteiger partial charge in [-0.2, -0.15) is 0 Å². The van der Waals surface area contributed by atoms with Gasteiger partial charge in [0.15, 0.2) is 0 Å². The summed E-state index contributed by atoms with van der Waals surface area (Å²) in [4.78, 5) is 11.1. The van der Waals surface area contributed by atoms with Gasteiger partial charge in [-0.05, 0) is 36.8 Å². The van der Waals surface area contributed by atoms with E-state index < -0.39 is 0 Å². The molecule has 0 heterocycles. The average Bonchev–Trinajstić information content (AvgIpc) is 2.58. The SMILES string of the molecule is CCCCCCC=Cc1ccccc1C=CCCCC(=O)OC. The summed E-state index contributed by atoms with van der Waals surface area (Å²) in [5.41, 5.74) is 2.49. The van der Waals surface area contributed by atoms with Crippen LogP contribution in [0.15, 0.2) is 36.4 Å². The van der Waals surface area contributed by atoms with Gasteiger partial charge in [0, 0.05) is 6.42 Å². The number of esters is 1. The molecule has 0 unspecified atom stereocenters. The molecule has 0 spiro atoms. The number of carbonyl (C=O) groups is 1. The smallest absolute Gasteiger partial charge is 0.305 e. The molecule has 0 N–H and O–H groups in total. The molecule has 23 heavy (non-hydrogen) atoms. The molecule has 1 rings (SSSR count). The standard InChI is InChI=1S/C21H30O2/c1-3-4-5-6-7-9-14-19-16-12-13-17-20(19)15-10-8-11-18-21(22)23-2/h9-10,12-17H,3-8,11,18H2,1-2H3. The Morgan fingerprint density at radius 1 is 0.957 bits per heavy atom. The first-order valence-electron chi connectivity index (χ1n) is 8.77. The monoisotopic (exact) mass is 314 g/mol. The maximum Gasteiger partial charge on any atom is 0.305 e. The first-order chi connectivity index (χ1) is 11.3. The van der Waals surface area contributed by atoms with Crippen molar-refractivity contribution in [1.82, 2.24) is 0 Å². The van der Waals surface area contributed by atoms with Crippen LogP contribution in [-0.4, -0.2) is 13.1 Å². The molecule has 1 aromatic rings. The van der Waals surface area contributed by atoms with Crippen LogP contribution in [0.1, 0.15) is 69.4 Å². The van der Waals surface area contributed by atoms with E-state index in [-0.39, 0.29) is 5.97 Å². The Labute approximate surface area is 141 Å². The van der Waals surface area contributed by atoms with Gasteiger partial charge in [-0.3, -0.25) is 4.79 Å². The lowest BCUT2D eigenvalue weighted by Gasteiger charge is -2.01. The predicted octanol–water partition coefficient (Wildman–Crippen LogP) is 6.03. The second-order valence-corrected chi connectivity index (χ2v) is 5.75. The third-order valence-corrected chi connectivity index (χ3v) is 3.79. The molecule has 126 valence electrons. The summed E-state index contributed by atoms with van der Waals surface area (Å²) in [7, 11) is 1.43. The number of ether oxygens (including phenoxy) is 1. The lowest BCUT2D eigenvalue weighted by Crippen LogP contribution is -1.98. The summed E-state index contributed by atoms with van der Waals surface area (Å²) in [5, 5.41) is 0. The zero-order valence-corrected chi connectivity index (χ0v) is 14.6. The van der Waals surface area contributed by atoms with Crippen molar-refractivity contribution in [3.8, 4) is 0 Å². The van der Waals surface area contributed by atoms with E-state index in [0.717, 1.165) is 19.3 Å². The normalized spacial score (nSPS) is 11.4. The second-order valence-electron chi connectivity index (χ2n) is 5.75. The summed E-state index contributed by atoms with van der Waals surface area (Å²) in [6.45, 7) is 2.24. The molecule has 2 nitrogen and oxygen atoms in total. The van der Waals surface area contributed by atoms with Crippen molar-refractivity contribution in [2.24, 2.45) is 0 Å². The number of allylic oxidation sites excluding steroid dienone is 2. The first-order valence-corrected chi connectivity index (χ1v) is 8.77. The van der Waals surface area contributed by atoms with Crippen molar-refractivity contribution in [3.63, 3.8) is 0 Å². The number of unbranched alkanes of at least 4 members (excludes halogenated alkanes) is 5. The number of methoxy groups -OCH3 is 1. The Hall–Kier alpha value is -1.83. The number of benzene rings is 1. The van der Waals surface area contributed by atoms with Crippen LogP contribution in [0.25, 0.3) is 12.2 Å². The van der Waals surface area contributed by atoms with Gasteiger partial charge in [-0.1, -0.05) is 74.8 Å². The molecule has 0 aromatic heterocycles. The fourth-order valence-corrected chi connectivity index (χ4v) is 2.39. The predicted molar refractivity (Wildman–Crippen MR) is 99.1 cm³/mol. The summed E-state index contributed by atoms with van der Waals surface area (Å²) >= 11 is 0. The molecule has 0 aliphatic rings. The molecule has 1 aromatic carbocycles. The van der Waals surface area contributed by atoms with Crippen molar-refractivity contribution >= 4 is 18.1 Å². The molecule has 0 atom stereocenters. The highest BCUT2D eigenvalue weighted by Gasteiger charge is 1.98. The molecule has 2 heteroatoms. The Balaban J connectivity index is 2.43. The average molecular weight is 314 g/mol. The lowest BCUT2D eigenvalue weighted by molar-refractivity contribution is -0.140. The van der Waals surface area contributed by atoms with Crippen LogP contribution in [0.2, 0.25) is 0 Å². The summed E-state index contributed by atoms with van der Waals surface area (Å²) in [5.74, 6) is -0.134. The molecule has 0 aliphatic carbocycles. The minimum absolute atomic E-state index is 0.134. The number of carbonyl (C=O) groups excluding carboxylic acids is 1. The highest BCUT2D eigenvalue weighted by molar-refractivity contribution is 5.69. The number of hydrogen-bond donors (Lipinski definition) is 0. The van der Waals surface area contributed by atoms with Gasteiger partial charge < -0.3 is 4.74 Å². The summed E-state index contributed by atoms with van der Waals surface area (Å²) in [6, 6.07) is 8.42. The molecule has 0 saturated carbocycles. The van der Waals surface area contributed by atoms with Crippen molar-refractivity contribution in [2.45, 2.75) is 58.3 Å². The van der Waals surface area contributed by atoms with E-state index in [1.54, 1.807) is 0 Å². The third-order valence-electron chi connectivity index (χ3n) is 3.79. The maximum atomic E-state index is 11.1. The van der Waals surface area contributed by atoms with Crippen molar-refractivity contribution < 1.29 is 9.53 Å². The molecule has 0 fully saturated rings. The van der Waals surface area contributed by atoms with Crippen molar-refractivity contribution in [1.29, 1.82) is 0 Å². The molecule has 0 radical (unpaired) electrons. The van der Waals surface area contributed by atoms with Crippen molar-refractivity contribution in [3.05, 3.63) is 47.5 Å². The second kappa shape index (κ2) is 12.7. The zero-order chi connectivity index (χ0) is 16.8. The number of rotatable bonds is 11. The first kappa shape index (κ1) is 19.2. The maximum absolute atomic E-state index is 11.1. The van der Waals surface area contributed by atoms with E-state index in [9.17, 15) is 4.79 Å². The van der Waals surface area contributed by atoms with E-state index in [1.807, 2.05) is 0 Å². The van der Waals surface area contributed by atoms with E-state index in [0.29, 0.717) is 6.42 Å². The van der Waals surface area contributed by atoms with E-state index in [1.165, 1.54) is 43.9 Å². The van der Waals surface area contributed by atoms with Crippen LogP contribution in [0.5, 0.6) is 0 Å². The van der Waals surface area contributed by atoms with Gasteiger partial charge in [-0.15, -0.1) is 0 Å². The summed E-state index contributed by atoms with van der Waals surface area (Å²) < 4.78 is 4.64. The lowest BCUT2D eigenvalue weighted by atomic mass is 10.0. The quantitative estimate of drug-likeness (QED) is 0.368. The molecule has 0 saturated heterocycles.